The summed E-state index contributed by atoms with van der Waals surface area (Å²) in [5, 5.41) is 3.95. The van der Waals surface area contributed by atoms with Crippen molar-refractivity contribution in [2.24, 2.45) is 11.0 Å². The van der Waals surface area contributed by atoms with Crippen LogP contribution < -0.4 is 15.9 Å². The van der Waals surface area contributed by atoms with Crippen LogP contribution in [0, 0.1) is 5.92 Å². The number of rotatable bonds is 7. The zero-order chi connectivity index (χ0) is 20.6. The number of nitrogens with one attached hydrogen (secondary N) is 2. The van der Waals surface area contributed by atoms with E-state index in [9.17, 15) is 9.59 Å². The van der Waals surface area contributed by atoms with Crippen LogP contribution in [0.1, 0.15) is 29.9 Å². The fourth-order valence-electron chi connectivity index (χ4n) is 2.48. The molecule has 1 heterocycles. The van der Waals surface area contributed by atoms with Crippen molar-refractivity contribution in [1.29, 1.82) is 0 Å². The van der Waals surface area contributed by atoms with Crippen LogP contribution in [0.3, 0.4) is 0 Å². The molecule has 2 N–H and O–H groups in total. The Morgan fingerprint density at radius 3 is 2.59 bits per heavy atom. The maximum absolute atomic E-state index is 12.3. The van der Waals surface area contributed by atoms with Crippen LogP contribution in [0.2, 0.25) is 0 Å². The molecular weight excluding hydrogens is 368 g/mol. The van der Waals surface area contributed by atoms with Gasteiger partial charge in [-0.15, -0.1) is 0 Å². The SMILES string of the molecule is CC(C)COc1ccc(/C=N/NC(=O)c2cc(-c3ccccc3)nc(=O)[nH]2)cc1. The van der Waals surface area contributed by atoms with Gasteiger partial charge in [-0.2, -0.15) is 10.1 Å². The summed E-state index contributed by atoms with van der Waals surface area (Å²) in [6, 6.07) is 18.1. The van der Waals surface area contributed by atoms with Crippen LogP contribution in [-0.4, -0.2) is 28.7 Å². The molecule has 1 aromatic heterocycles. The van der Waals surface area contributed by atoms with Crippen molar-refractivity contribution >= 4 is 12.1 Å². The molecule has 0 atom stereocenters. The number of carbonyl (C=O) groups excluding carboxylic acids is 1. The van der Waals surface area contributed by atoms with Crippen LogP contribution in [0.5, 0.6) is 5.75 Å². The Morgan fingerprint density at radius 1 is 1.17 bits per heavy atom. The van der Waals surface area contributed by atoms with Crippen LogP contribution in [0.15, 0.2) is 70.6 Å². The third-order valence-electron chi connectivity index (χ3n) is 3.90. The Bertz CT molecular complexity index is 1040. The summed E-state index contributed by atoms with van der Waals surface area (Å²) in [6.45, 7) is 4.82. The molecule has 7 nitrogen and oxygen atoms in total. The number of carbonyl (C=O) groups is 1. The minimum atomic E-state index is -0.600. The summed E-state index contributed by atoms with van der Waals surface area (Å²) in [5.74, 6) is 0.700. The number of nitrogens with zero attached hydrogens (tertiary/aromatic N) is 2. The summed E-state index contributed by atoms with van der Waals surface area (Å²) in [4.78, 5) is 30.5. The highest BCUT2D eigenvalue weighted by Gasteiger charge is 2.10. The van der Waals surface area contributed by atoms with Crippen molar-refractivity contribution in [2.75, 3.05) is 6.61 Å². The molecule has 148 valence electrons. The predicted octanol–water partition coefficient (Wildman–Crippen LogP) is 3.24. The van der Waals surface area contributed by atoms with Gasteiger partial charge in [0.2, 0.25) is 0 Å². The molecule has 29 heavy (non-hydrogen) atoms. The number of amides is 1. The van der Waals surface area contributed by atoms with E-state index in [0.717, 1.165) is 16.9 Å². The Labute approximate surface area is 168 Å². The van der Waals surface area contributed by atoms with Gasteiger partial charge in [-0.05, 0) is 41.8 Å². The van der Waals surface area contributed by atoms with Crippen molar-refractivity contribution in [1.82, 2.24) is 15.4 Å². The van der Waals surface area contributed by atoms with E-state index in [4.69, 9.17) is 4.74 Å². The molecule has 7 heteroatoms. The number of H-pyrrole nitrogens is 1. The van der Waals surface area contributed by atoms with E-state index in [2.05, 4.69) is 34.3 Å². The monoisotopic (exact) mass is 390 g/mol. The number of ether oxygens (including phenoxy) is 1. The largest absolute Gasteiger partial charge is 0.493 e. The average Bonchev–Trinajstić information content (AvgIpc) is 2.73. The fraction of sp³-hybridized carbons (Fsp3) is 0.182. The Balaban J connectivity index is 1.65. The number of aromatic amines is 1. The van der Waals surface area contributed by atoms with E-state index in [-0.39, 0.29) is 5.69 Å². The van der Waals surface area contributed by atoms with E-state index in [1.807, 2.05) is 54.6 Å². The molecule has 0 saturated carbocycles. The van der Waals surface area contributed by atoms with Gasteiger partial charge in [0, 0.05) is 5.56 Å². The first-order valence-corrected chi connectivity index (χ1v) is 9.24. The summed E-state index contributed by atoms with van der Waals surface area (Å²) in [6.07, 6.45) is 1.52. The highest BCUT2D eigenvalue weighted by atomic mass is 16.5. The van der Waals surface area contributed by atoms with E-state index < -0.39 is 11.6 Å². The van der Waals surface area contributed by atoms with E-state index >= 15 is 0 Å². The van der Waals surface area contributed by atoms with Gasteiger partial charge in [0.05, 0.1) is 18.5 Å². The highest BCUT2D eigenvalue weighted by molar-refractivity contribution is 5.93. The van der Waals surface area contributed by atoms with Crippen molar-refractivity contribution < 1.29 is 9.53 Å². The molecule has 0 aliphatic heterocycles. The van der Waals surface area contributed by atoms with Crippen molar-refractivity contribution in [3.05, 3.63) is 82.4 Å². The molecule has 0 bridgehead atoms. The van der Waals surface area contributed by atoms with Crippen LogP contribution in [0.4, 0.5) is 0 Å². The predicted molar refractivity (Wildman–Crippen MR) is 112 cm³/mol. The molecule has 0 radical (unpaired) electrons. The standard InChI is InChI=1S/C22H22N4O3/c1-15(2)14-29-18-10-8-16(9-11-18)13-23-26-21(27)20-12-19(24-22(28)25-20)17-6-4-3-5-7-17/h3-13,15H,14H2,1-2H3,(H,26,27)(H,24,25,28)/b23-13+. The van der Waals surface area contributed by atoms with Crippen LogP contribution in [0.25, 0.3) is 11.3 Å². The zero-order valence-corrected chi connectivity index (χ0v) is 16.3. The first kappa shape index (κ1) is 20.0. The molecule has 0 saturated heterocycles. The average molecular weight is 390 g/mol. The van der Waals surface area contributed by atoms with Crippen molar-refractivity contribution in [3.8, 4) is 17.0 Å². The quantitative estimate of drug-likeness (QED) is 0.478. The molecule has 0 aliphatic carbocycles. The van der Waals surface area contributed by atoms with Gasteiger partial charge in [0.25, 0.3) is 5.91 Å². The second-order valence-electron chi connectivity index (χ2n) is 6.82. The third-order valence-corrected chi connectivity index (χ3v) is 3.90. The third kappa shape index (κ3) is 5.87. The Morgan fingerprint density at radius 2 is 1.90 bits per heavy atom. The maximum atomic E-state index is 12.3. The number of hydrazone groups is 1. The van der Waals surface area contributed by atoms with Gasteiger partial charge in [0.15, 0.2) is 0 Å². The molecule has 3 aromatic rings. The first-order chi connectivity index (χ1) is 14.0. The fourth-order valence-corrected chi connectivity index (χ4v) is 2.48. The number of hydrogen-bond donors (Lipinski definition) is 2. The van der Waals surface area contributed by atoms with Crippen molar-refractivity contribution in [2.45, 2.75) is 13.8 Å². The molecule has 0 unspecified atom stereocenters. The van der Waals surface area contributed by atoms with Gasteiger partial charge in [-0.1, -0.05) is 44.2 Å². The summed E-state index contributed by atoms with van der Waals surface area (Å²) >= 11 is 0. The second kappa shape index (κ2) is 9.45. The van der Waals surface area contributed by atoms with Gasteiger partial charge < -0.3 is 9.72 Å². The summed E-state index contributed by atoms with van der Waals surface area (Å²) in [7, 11) is 0. The van der Waals surface area contributed by atoms with E-state index in [1.54, 1.807) is 0 Å². The molecule has 3 rings (SSSR count). The Kier molecular flexibility index (Phi) is 6.52. The van der Waals surface area contributed by atoms with Gasteiger partial charge in [-0.3, -0.25) is 4.79 Å². The lowest BCUT2D eigenvalue weighted by atomic mass is 10.1. The highest BCUT2D eigenvalue weighted by Crippen LogP contribution is 2.15. The molecule has 1 amide bonds. The van der Waals surface area contributed by atoms with Crippen LogP contribution in [-0.2, 0) is 0 Å². The molecule has 0 aliphatic rings. The number of aromatic nitrogens is 2. The zero-order valence-electron chi connectivity index (χ0n) is 16.3. The maximum Gasteiger partial charge on any atom is 0.346 e. The van der Waals surface area contributed by atoms with E-state index in [1.165, 1.54) is 12.3 Å². The lowest BCUT2D eigenvalue weighted by Gasteiger charge is -2.08. The van der Waals surface area contributed by atoms with Gasteiger partial charge >= 0.3 is 5.69 Å². The Hall–Kier alpha value is -3.74. The molecule has 0 fully saturated rings. The van der Waals surface area contributed by atoms with Crippen molar-refractivity contribution in [3.63, 3.8) is 0 Å². The van der Waals surface area contributed by atoms with Gasteiger partial charge in [0.1, 0.15) is 11.4 Å². The van der Waals surface area contributed by atoms with Crippen LogP contribution >= 0.6 is 0 Å². The smallest absolute Gasteiger partial charge is 0.346 e. The summed E-state index contributed by atoms with van der Waals surface area (Å²) < 4.78 is 5.63. The molecule has 2 aromatic carbocycles. The number of benzene rings is 2. The minimum Gasteiger partial charge on any atom is -0.493 e. The minimum absolute atomic E-state index is 0.0819. The molecular formula is C22H22N4O3. The molecule has 0 spiro atoms. The normalized spacial score (nSPS) is 11.0. The van der Waals surface area contributed by atoms with E-state index in [0.29, 0.717) is 18.2 Å². The lowest BCUT2D eigenvalue weighted by Crippen LogP contribution is -2.24. The van der Waals surface area contributed by atoms with Gasteiger partial charge in [-0.25, -0.2) is 10.2 Å². The first-order valence-electron chi connectivity index (χ1n) is 9.24. The second-order valence-corrected chi connectivity index (χ2v) is 6.82. The topological polar surface area (TPSA) is 96.4 Å². The number of hydrogen-bond acceptors (Lipinski definition) is 5. The summed E-state index contributed by atoms with van der Waals surface area (Å²) in [5.41, 5.74) is 3.86. The lowest BCUT2D eigenvalue weighted by molar-refractivity contribution is 0.0949.